The minimum Gasteiger partial charge on any atom is -0.487 e. The molecule has 0 radical (unpaired) electrons. The Hall–Kier alpha value is -4.28. The molecule has 3 aromatic heterocycles. The molecule has 11 heteroatoms. The molecular formula is C25H21F3N4O4. The van der Waals surface area contributed by atoms with Gasteiger partial charge in [-0.05, 0) is 30.3 Å². The van der Waals surface area contributed by atoms with Crippen molar-refractivity contribution in [3.63, 3.8) is 0 Å². The minimum atomic E-state index is -4.46. The van der Waals surface area contributed by atoms with Crippen molar-refractivity contribution in [2.24, 2.45) is 7.05 Å². The Morgan fingerprint density at radius 3 is 2.64 bits per heavy atom. The fourth-order valence-electron chi connectivity index (χ4n) is 4.47. The predicted octanol–water partition coefficient (Wildman–Crippen LogP) is 4.36. The van der Waals surface area contributed by atoms with E-state index in [0.717, 1.165) is 34.4 Å². The number of fused-ring (bicyclic) bond motifs is 3. The lowest BCUT2D eigenvalue weighted by Crippen LogP contribution is -2.34. The predicted molar refractivity (Wildman–Crippen MR) is 124 cm³/mol. The van der Waals surface area contributed by atoms with Crippen LogP contribution >= 0.6 is 0 Å². The molecule has 1 aliphatic rings. The Bertz CT molecular complexity index is 1520. The number of carbonyl (C=O) groups is 1. The van der Waals surface area contributed by atoms with Crippen LogP contribution < -0.4 is 10.3 Å². The summed E-state index contributed by atoms with van der Waals surface area (Å²) >= 11 is 0. The van der Waals surface area contributed by atoms with Gasteiger partial charge in [-0.3, -0.25) is 14.3 Å². The van der Waals surface area contributed by atoms with Crippen LogP contribution in [0.25, 0.3) is 16.6 Å². The fraction of sp³-hybridized carbons (Fsp3) is 0.240. The topological polar surface area (TPSA) is 89.6 Å². The summed E-state index contributed by atoms with van der Waals surface area (Å²) in [4.78, 5) is 29.4. The van der Waals surface area contributed by atoms with Gasteiger partial charge in [0.25, 0.3) is 5.56 Å². The van der Waals surface area contributed by atoms with Crippen molar-refractivity contribution in [3.8, 4) is 11.4 Å². The summed E-state index contributed by atoms with van der Waals surface area (Å²) in [6, 6.07) is 10.6. The molecule has 0 saturated carbocycles. The summed E-state index contributed by atoms with van der Waals surface area (Å²) in [6.07, 6.45) is -2.49. The molecule has 0 atom stereocenters. The zero-order chi connectivity index (χ0) is 25.6. The quantitative estimate of drug-likeness (QED) is 0.452. The van der Waals surface area contributed by atoms with E-state index in [1.807, 2.05) is 23.7 Å². The lowest BCUT2D eigenvalue weighted by atomic mass is 10.0. The number of aryl methyl sites for hydroxylation is 1. The number of halogens is 3. The van der Waals surface area contributed by atoms with E-state index in [0.29, 0.717) is 30.9 Å². The molecule has 4 aromatic rings. The van der Waals surface area contributed by atoms with E-state index in [-0.39, 0.29) is 17.9 Å². The number of benzene rings is 1. The first kappa shape index (κ1) is 23.5. The summed E-state index contributed by atoms with van der Waals surface area (Å²) in [7, 11) is 1.93. The molecule has 0 spiro atoms. The Morgan fingerprint density at radius 1 is 1.17 bits per heavy atom. The summed E-state index contributed by atoms with van der Waals surface area (Å²) < 4.78 is 47.1. The zero-order valence-electron chi connectivity index (χ0n) is 19.1. The van der Waals surface area contributed by atoms with Gasteiger partial charge in [0.2, 0.25) is 0 Å². The Balaban J connectivity index is 1.36. The van der Waals surface area contributed by atoms with Crippen molar-refractivity contribution in [1.82, 2.24) is 19.0 Å². The second kappa shape index (κ2) is 8.74. The van der Waals surface area contributed by atoms with Crippen molar-refractivity contribution in [2.45, 2.75) is 25.7 Å². The van der Waals surface area contributed by atoms with Crippen molar-refractivity contribution in [1.29, 1.82) is 0 Å². The molecule has 1 aromatic carbocycles. The molecule has 0 unspecified atom stereocenters. The Morgan fingerprint density at radius 2 is 1.97 bits per heavy atom. The summed E-state index contributed by atoms with van der Waals surface area (Å²) in [6.45, 7) is 0.666. The highest BCUT2D eigenvalue weighted by molar-refractivity contribution is 5.88. The van der Waals surface area contributed by atoms with Crippen LogP contribution in [0.4, 0.5) is 18.0 Å². The van der Waals surface area contributed by atoms with E-state index in [9.17, 15) is 27.9 Å². The van der Waals surface area contributed by atoms with Gasteiger partial charge in [0.05, 0.1) is 29.0 Å². The summed E-state index contributed by atoms with van der Waals surface area (Å²) in [5.74, 6) is 0.266. The molecule has 8 nitrogen and oxygen atoms in total. The summed E-state index contributed by atoms with van der Waals surface area (Å²) in [5, 5.41) is 10.3. The fourth-order valence-corrected chi connectivity index (χ4v) is 4.47. The second-order valence-electron chi connectivity index (χ2n) is 8.54. The molecule has 36 heavy (non-hydrogen) atoms. The van der Waals surface area contributed by atoms with Gasteiger partial charge in [-0.15, -0.1) is 0 Å². The van der Waals surface area contributed by atoms with Crippen LogP contribution in [0.15, 0.2) is 59.7 Å². The number of carboxylic acid groups (broad SMARTS) is 1. The smallest absolute Gasteiger partial charge is 0.417 e. The van der Waals surface area contributed by atoms with Gasteiger partial charge < -0.3 is 19.3 Å². The molecule has 186 valence electrons. The first-order valence-electron chi connectivity index (χ1n) is 11.1. The first-order chi connectivity index (χ1) is 17.1. The largest absolute Gasteiger partial charge is 0.487 e. The van der Waals surface area contributed by atoms with Crippen LogP contribution in [0.1, 0.15) is 22.5 Å². The molecule has 0 saturated heterocycles. The van der Waals surface area contributed by atoms with Crippen molar-refractivity contribution < 1.29 is 27.8 Å². The lowest BCUT2D eigenvalue weighted by Gasteiger charge is -2.25. The highest BCUT2D eigenvalue weighted by atomic mass is 19.4. The number of hydrogen-bond donors (Lipinski definition) is 1. The molecule has 1 N–H and O–H groups in total. The highest BCUT2D eigenvalue weighted by Crippen LogP contribution is 2.32. The third-order valence-corrected chi connectivity index (χ3v) is 6.37. The Labute approximate surface area is 202 Å². The number of pyridine rings is 2. The number of hydrogen-bond acceptors (Lipinski definition) is 4. The molecule has 0 aliphatic carbocycles. The van der Waals surface area contributed by atoms with Crippen LogP contribution in [0.3, 0.4) is 0 Å². The molecule has 5 rings (SSSR count). The molecule has 4 heterocycles. The van der Waals surface area contributed by atoms with E-state index >= 15 is 0 Å². The SMILES string of the molecule is Cn1c2c(c3ccc(-n4ccc(OCc5ccc(C(F)(F)F)cn5)cc4=O)cc31)CN(C(=O)O)CC2. The zero-order valence-corrected chi connectivity index (χ0v) is 19.1. The third-order valence-electron chi connectivity index (χ3n) is 6.37. The summed E-state index contributed by atoms with van der Waals surface area (Å²) in [5.41, 5.74) is 2.69. The normalized spacial score (nSPS) is 13.6. The van der Waals surface area contributed by atoms with Crippen LogP contribution in [0.2, 0.25) is 0 Å². The third kappa shape index (κ3) is 4.28. The average Bonchev–Trinajstić information content (AvgIpc) is 3.13. The highest BCUT2D eigenvalue weighted by Gasteiger charge is 2.30. The Kier molecular flexibility index (Phi) is 5.70. The minimum absolute atomic E-state index is 0.0875. The molecule has 1 amide bonds. The average molecular weight is 498 g/mol. The maximum atomic E-state index is 12.8. The van der Waals surface area contributed by atoms with Crippen molar-refractivity contribution in [2.75, 3.05) is 6.54 Å². The second-order valence-corrected chi connectivity index (χ2v) is 8.54. The number of rotatable bonds is 4. The van der Waals surface area contributed by atoms with E-state index in [1.54, 1.807) is 18.3 Å². The number of aromatic nitrogens is 3. The van der Waals surface area contributed by atoms with Gasteiger partial charge in [-0.2, -0.15) is 13.2 Å². The molecule has 0 fully saturated rings. The van der Waals surface area contributed by atoms with E-state index in [4.69, 9.17) is 4.74 Å². The monoisotopic (exact) mass is 498 g/mol. The van der Waals surface area contributed by atoms with E-state index in [1.165, 1.54) is 21.6 Å². The van der Waals surface area contributed by atoms with Gasteiger partial charge in [0.1, 0.15) is 12.4 Å². The number of ether oxygens (including phenoxy) is 1. The van der Waals surface area contributed by atoms with Crippen LogP contribution in [-0.4, -0.2) is 36.8 Å². The number of alkyl halides is 3. The van der Waals surface area contributed by atoms with Crippen molar-refractivity contribution >= 4 is 17.0 Å². The number of amides is 1. The van der Waals surface area contributed by atoms with E-state index in [2.05, 4.69) is 4.98 Å². The van der Waals surface area contributed by atoms with Crippen LogP contribution in [0, 0.1) is 0 Å². The van der Waals surface area contributed by atoms with E-state index < -0.39 is 17.8 Å². The first-order valence-corrected chi connectivity index (χ1v) is 11.1. The van der Waals surface area contributed by atoms with Gasteiger partial charge in [-0.1, -0.05) is 6.07 Å². The van der Waals surface area contributed by atoms with Gasteiger partial charge in [0.15, 0.2) is 0 Å². The standard InChI is InChI=1S/C25H21F3N4O4/c1-30-21-7-8-31(24(34)35)13-20(21)19-5-4-17(10-22(19)30)32-9-6-18(11-23(32)33)36-14-16-3-2-15(12-29-16)25(26,27)28/h2-6,9-12H,7-8,13-14H2,1H3,(H,34,35). The lowest BCUT2D eigenvalue weighted by molar-refractivity contribution is -0.137. The molecule has 1 aliphatic heterocycles. The maximum absolute atomic E-state index is 12.8. The van der Waals surface area contributed by atoms with Crippen LogP contribution in [-0.2, 0) is 32.8 Å². The van der Waals surface area contributed by atoms with Crippen LogP contribution in [0.5, 0.6) is 5.75 Å². The van der Waals surface area contributed by atoms with Crippen molar-refractivity contribution in [3.05, 3.63) is 87.7 Å². The number of nitrogens with zero attached hydrogens (tertiary/aromatic N) is 4. The maximum Gasteiger partial charge on any atom is 0.417 e. The van der Waals surface area contributed by atoms with Gasteiger partial charge in [-0.25, -0.2) is 4.79 Å². The van der Waals surface area contributed by atoms with Gasteiger partial charge >= 0.3 is 12.3 Å². The molecule has 0 bridgehead atoms. The van der Waals surface area contributed by atoms with Gasteiger partial charge in [0, 0.05) is 55.1 Å². The molecular weight excluding hydrogens is 477 g/mol.